The van der Waals surface area contributed by atoms with Crippen molar-refractivity contribution < 1.29 is 8.78 Å². The fraction of sp³-hybridized carbons (Fsp3) is 0. The third-order valence-corrected chi connectivity index (χ3v) is 4.33. The summed E-state index contributed by atoms with van der Waals surface area (Å²) in [4.78, 5) is 8.21. The van der Waals surface area contributed by atoms with E-state index in [1.165, 1.54) is 18.2 Å². The second-order valence-electron chi connectivity index (χ2n) is 6.05. The summed E-state index contributed by atoms with van der Waals surface area (Å²) in [6, 6.07) is 11.9. The first kappa shape index (κ1) is 17.9. The summed E-state index contributed by atoms with van der Waals surface area (Å²) in [6.07, 6.45) is 5.15. The van der Waals surface area contributed by atoms with E-state index in [1.54, 1.807) is 30.7 Å². The number of nitrogens with zero attached hydrogens (tertiary/aromatic N) is 3. The Morgan fingerprint density at radius 1 is 1.04 bits per heavy atom. The van der Waals surface area contributed by atoms with Crippen LogP contribution < -0.4 is 11.1 Å². The van der Waals surface area contributed by atoms with Crippen molar-refractivity contribution in [2.45, 2.75) is 0 Å². The number of nitrogen functional groups attached to an aromatic ring is 1. The lowest BCUT2D eigenvalue weighted by molar-refractivity contribution is 0.585. The predicted molar refractivity (Wildman–Crippen MR) is 106 cm³/mol. The average Bonchev–Trinajstić information content (AvgIpc) is 3.17. The molecule has 0 fully saturated rings. The maximum Gasteiger partial charge on any atom is 0.133 e. The molecule has 8 heteroatoms. The fourth-order valence-electron chi connectivity index (χ4n) is 2.81. The van der Waals surface area contributed by atoms with Gasteiger partial charge >= 0.3 is 0 Å². The first-order valence-corrected chi connectivity index (χ1v) is 8.65. The lowest BCUT2D eigenvalue weighted by atomic mass is 10.1. The second kappa shape index (κ2) is 7.28. The molecule has 2 aromatic heterocycles. The van der Waals surface area contributed by atoms with E-state index < -0.39 is 11.6 Å². The van der Waals surface area contributed by atoms with Crippen LogP contribution in [0.4, 0.5) is 26.0 Å². The number of halogens is 3. The van der Waals surface area contributed by atoms with Crippen LogP contribution in [-0.2, 0) is 0 Å². The van der Waals surface area contributed by atoms with Crippen molar-refractivity contribution >= 4 is 28.8 Å². The third kappa shape index (κ3) is 3.65. The van der Waals surface area contributed by atoms with Gasteiger partial charge in [-0.25, -0.2) is 18.7 Å². The Balaban J connectivity index is 1.66. The maximum absolute atomic E-state index is 14.1. The monoisotopic (exact) mass is 397 g/mol. The molecule has 0 spiro atoms. The molecule has 0 bridgehead atoms. The molecule has 28 heavy (non-hydrogen) atoms. The number of benzene rings is 2. The Labute approximate surface area is 164 Å². The van der Waals surface area contributed by atoms with E-state index >= 15 is 0 Å². The van der Waals surface area contributed by atoms with E-state index in [9.17, 15) is 8.78 Å². The van der Waals surface area contributed by atoms with Crippen LogP contribution in [0.15, 0.2) is 67.3 Å². The molecule has 0 aliphatic rings. The van der Waals surface area contributed by atoms with Gasteiger partial charge < -0.3 is 15.6 Å². The Bertz CT molecular complexity index is 1150. The van der Waals surface area contributed by atoms with Gasteiger partial charge in [0.25, 0.3) is 0 Å². The zero-order valence-corrected chi connectivity index (χ0v) is 15.2. The highest BCUT2D eigenvalue weighted by atomic mass is 35.5. The van der Waals surface area contributed by atoms with Gasteiger partial charge in [0.2, 0.25) is 0 Å². The number of nitrogens with two attached hydrogens (primary N) is 1. The van der Waals surface area contributed by atoms with Crippen LogP contribution >= 0.6 is 11.6 Å². The summed E-state index contributed by atoms with van der Waals surface area (Å²) >= 11 is 6.09. The SMILES string of the molecule is Nc1cc(-n2ccnc2)ccc1Nc1cc(-c2ccc(F)cc2F)cc(Cl)n1. The van der Waals surface area contributed by atoms with Crippen LogP contribution in [0.2, 0.25) is 5.15 Å². The van der Waals surface area contributed by atoms with Crippen LogP contribution in [0.25, 0.3) is 16.8 Å². The summed E-state index contributed by atoms with van der Waals surface area (Å²) in [5.74, 6) is -0.948. The highest BCUT2D eigenvalue weighted by molar-refractivity contribution is 6.29. The Hall–Kier alpha value is -3.45. The van der Waals surface area contributed by atoms with Crippen molar-refractivity contribution in [3.05, 3.63) is 84.0 Å². The second-order valence-corrected chi connectivity index (χ2v) is 6.44. The van der Waals surface area contributed by atoms with Crippen molar-refractivity contribution in [3.8, 4) is 16.8 Å². The molecule has 2 heterocycles. The van der Waals surface area contributed by atoms with Gasteiger partial charge in [-0.1, -0.05) is 11.6 Å². The van der Waals surface area contributed by atoms with Crippen molar-refractivity contribution in [1.82, 2.24) is 14.5 Å². The topological polar surface area (TPSA) is 68.8 Å². The molecule has 0 aliphatic heterocycles. The first-order chi connectivity index (χ1) is 13.5. The van der Waals surface area contributed by atoms with Crippen LogP contribution in [0.1, 0.15) is 0 Å². The number of nitrogens with one attached hydrogen (secondary N) is 1. The van der Waals surface area contributed by atoms with Gasteiger partial charge in [-0.2, -0.15) is 0 Å². The number of imidazole rings is 1. The molecule has 4 aromatic rings. The van der Waals surface area contributed by atoms with Crippen molar-refractivity contribution in [1.29, 1.82) is 0 Å². The van der Waals surface area contributed by atoms with Gasteiger partial charge in [0.1, 0.15) is 22.6 Å². The number of aromatic nitrogens is 3. The summed E-state index contributed by atoms with van der Waals surface area (Å²) < 4.78 is 29.1. The lowest BCUT2D eigenvalue weighted by Gasteiger charge is -2.12. The van der Waals surface area contributed by atoms with Gasteiger partial charge in [0.15, 0.2) is 0 Å². The quantitative estimate of drug-likeness (QED) is 0.367. The molecule has 3 N–H and O–H groups in total. The number of rotatable bonds is 4. The van der Waals surface area contributed by atoms with Gasteiger partial charge in [0.05, 0.1) is 17.7 Å². The van der Waals surface area contributed by atoms with E-state index in [2.05, 4.69) is 15.3 Å². The lowest BCUT2D eigenvalue weighted by Crippen LogP contribution is -2.01. The molecule has 0 saturated heterocycles. The molecule has 2 aromatic carbocycles. The highest BCUT2D eigenvalue weighted by Gasteiger charge is 2.11. The van der Waals surface area contributed by atoms with E-state index in [4.69, 9.17) is 17.3 Å². The van der Waals surface area contributed by atoms with Gasteiger partial charge in [-0.3, -0.25) is 0 Å². The van der Waals surface area contributed by atoms with E-state index in [-0.39, 0.29) is 10.7 Å². The Kier molecular flexibility index (Phi) is 4.67. The normalized spacial score (nSPS) is 10.8. The smallest absolute Gasteiger partial charge is 0.133 e. The summed E-state index contributed by atoms with van der Waals surface area (Å²) in [5, 5.41) is 3.25. The van der Waals surface area contributed by atoms with Crippen molar-refractivity contribution in [2.75, 3.05) is 11.1 Å². The first-order valence-electron chi connectivity index (χ1n) is 8.27. The minimum absolute atomic E-state index is 0.164. The molecular formula is C20H14ClF2N5. The highest BCUT2D eigenvalue weighted by Crippen LogP contribution is 2.30. The van der Waals surface area contributed by atoms with Gasteiger partial charge in [0, 0.05) is 29.7 Å². The van der Waals surface area contributed by atoms with Crippen LogP contribution in [-0.4, -0.2) is 14.5 Å². The molecule has 0 amide bonds. The summed E-state index contributed by atoms with van der Waals surface area (Å²) in [5.41, 5.74) is 8.79. The van der Waals surface area contributed by atoms with Gasteiger partial charge in [-0.05, 0) is 48.0 Å². The minimum atomic E-state index is -0.683. The van der Waals surface area contributed by atoms with Crippen LogP contribution in [0, 0.1) is 11.6 Å². The Morgan fingerprint density at radius 3 is 2.61 bits per heavy atom. The molecule has 0 aliphatic carbocycles. The number of pyridine rings is 1. The fourth-order valence-corrected chi connectivity index (χ4v) is 3.02. The van der Waals surface area contributed by atoms with E-state index in [0.717, 1.165) is 11.8 Å². The molecule has 0 radical (unpaired) electrons. The van der Waals surface area contributed by atoms with Crippen LogP contribution in [0.5, 0.6) is 0 Å². The molecule has 0 unspecified atom stereocenters. The molecule has 4 rings (SSSR count). The molecule has 5 nitrogen and oxygen atoms in total. The Morgan fingerprint density at radius 2 is 1.89 bits per heavy atom. The van der Waals surface area contributed by atoms with E-state index in [1.807, 2.05) is 16.8 Å². The standard InChI is InChI=1S/C20H14ClF2N5/c21-19-7-12(15-3-1-13(22)9-16(15)23)8-20(27-19)26-18-4-2-14(10-17(18)24)28-6-5-25-11-28/h1-11H,24H2,(H,26,27). The number of hydrogen-bond donors (Lipinski definition) is 2. The third-order valence-electron chi connectivity index (χ3n) is 4.14. The molecule has 0 atom stereocenters. The molecule has 0 saturated carbocycles. The van der Waals surface area contributed by atoms with Gasteiger partial charge in [-0.15, -0.1) is 0 Å². The van der Waals surface area contributed by atoms with Crippen molar-refractivity contribution in [3.63, 3.8) is 0 Å². The van der Waals surface area contributed by atoms with E-state index in [0.29, 0.717) is 22.8 Å². The molecule has 140 valence electrons. The number of hydrogen-bond acceptors (Lipinski definition) is 4. The largest absolute Gasteiger partial charge is 0.397 e. The molecular weight excluding hydrogens is 384 g/mol. The minimum Gasteiger partial charge on any atom is -0.397 e. The zero-order valence-electron chi connectivity index (χ0n) is 14.4. The zero-order chi connectivity index (χ0) is 19.7. The predicted octanol–water partition coefficient (Wildman–Crippen LogP) is 5.19. The number of anilines is 3. The van der Waals surface area contributed by atoms with Crippen LogP contribution in [0.3, 0.4) is 0 Å². The maximum atomic E-state index is 14.1. The summed E-state index contributed by atoms with van der Waals surface area (Å²) in [7, 11) is 0. The van der Waals surface area contributed by atoms with Crippen molar-refractivity contribution in [2.24, 2.45) is 0 Å². The summed E-state index contributed by atoms with van der Waals surface area (Å²) in [6.45, 7) is 0. The average molecular weight is 398 g/mol.